The molecule has 110 valence electrons. The van der Waals surface area contributed by atoms with Crippen LogP contribution in [-0.2, 0) is 11.3 Å². The van der Waals surface area contributed by atoms with Crippen molar-refractivity contribution in [3.8, 4) is 0 Å². The fourth-order valence-electron chi connectivity index (χ4n) is 2.47. The van der Waals surface area contributed by atoms with Crippen LogP contribution in [0, 0.1) is 5.92 Å². The van der Waals surface area contributed by atoms with Crippen LogP contribution in [0.5, 0.6) is 0 Å². The molecule has 1 saturated carbocycles. The molecule has 0 radical (unpaired) electrons. The van der Waals surface area contributed by atoms with E-state index in [1.54, 1.807) is 0 Å². The number of aromatic nitrogens is 2. The number of nitrogens with one attached hydrogen (secondary N) is 2. The van der Waals surface area contributed by atoms with Crippen LogP contribution in [0.3, 0.4) is 0 Å². The summed E-state index contributed by atoms with van der Waals surface area (Å²) in [7, 11) is 0. The lowest BCUT2D eigenvalue weighted by atomic mass is 9.84. The molecule has 1 fully saturated rings. The highest BCUT2D eigenvalue weighted by Gasteiger charge is 2.30. The Kier molecular flexibility index (Phi) is 4.91. The lowest BCUT2D eigenvalue weighted by Crippen LogP contribution is -2.50. The summed E-state index contributed by atoms with van der Waals surface area (Å²) < 4.78 is 4.53. The number of carboxylic acids is 1. The maximum Gasteiger partial charge on any atom is 0.326 e. The molecule has 0 saturated heterocycles. The van der Waals surface area contributed by atoms with Crippen molar-refractivity contribution in [3.63, 3.8) is 0 Å². The van der Waals surface area contributed by atoms with E-state index in [4.69, 9.17) is 0 Å². The molecule has 1 unspecified atom stereocenters. The van der Waals surface area contributed by atoms with Crippen LogP contribution in [0.1, 0.15) is 37.9 Å². The average Bonchev–Trinajstić information content (AvgIpc) is 2.96. The molecule has 3 N–H and O–H groups in total. The average molecular weight is 282 g/mol. The smallest absolute Gasteiger partial charge is 0.326 e. The van der Waals surface area contributed by atoms with Gasteiger partial charge >= 0.3 is 12.0 Å². The highest BCUT2D eigenvalue weighted by atomic mass is 16.5. The Labute approximate surface area is 115 Å². The van der Waals surface area contributed by atoms with Gasteiger partial charge in [0.25, 0.3) is 0 Å². The third-order valence-electron chi connectivity index (χ3n) is 3.49. The Morgan fingerprint density at radius 3 is 2.75 bits per heavy atom. The number of urea groups is 1. The number of amides is 2. The van der Waals surface area contributed by atoms with Crippen molar-refractivity contribution >= 4 is 12.0 Å². The Balaban J connectivity index is 1.83. The van der Waals surface area contributed by atoms with Crippen molar-refractivity contribution < 1.29 is 19.2 Å². The van der Waals surface area contributed by atoms with E-state index in [1.165, 1.54) is 0 Å². The van der Waals surface area contributed by atoms with Crippen molar-refractivity contribution in [1.82, 2.24) is 20.8 Å². The number of hydrogen-bond acceptors (Lipinski definition) is 5. The topological polar surface area (TPSA) is 117 Å². The minimum Gasteiger partial charge on any atom is -0.480 e. The SMILES string of the molecule is O=C(NCc1ncon1)NC(C(=O)O)C1CCCCC1. The van der Waals surface area contributed by atoms with Gasteiger partial charge in [-0.05, 0) is 18.8 Å². The number of nitrogens with zero attached hydrogens (tertiary/aromatic N) is 2. The van der Waals surface area contributed by atoms with Crippen LogP contribution in [0.2, 0.25) is 0 Å². The number of carbonyl (C=O) groups is 2. The lowest BCUT2D eigenvalue weighted by Gasteiger charge is -2.27. The molecule has 8 nitrogen and oxygen atoms in total. The number of rotatable bonds is 5. The number of carboxylic acid groups (broad SMARTS) is 1. The molecule has 1 aromatic rings. The van der Waals surface area contributed by atoms with Crippen molar-refractivity contribution in [3.05, 3.63) is 12.2 Å². The van der Waals surface area contributed by atoms with Crippen molar-refractivity contribution in [1.29, 1.82) is 0 Å². The van der Waals surface area contributed by atoms with Crippen LogP contribution in [0.15, 0.2) is 10.9 Å². The molecular formula is C12H18N4O4. The summed E-state index contributed by atoms with van der Waals surface area (Å²) in [5.74, 6) is -0.659. The molecule has 0 spiro atoms. The minimum absolute atomic E-state index is 0.00262. The maximum atomic E-state index is 11.7. The van der Waals surface area contributed by atoms with Crippen molar-refractivity contribution in [2.75, 3.05) is 0 Å². The van der Waals surface area contributed by atoms with E-state index in [0.717, 1.165) is 38.5 Å². The summed E-state index contributed by atoms with van der Waals surface area (Å²) in [6.07, 6.45) is 6.00. The molecule has 1 aliphatic carbocycles. The Morgan fingerprint density at radius 1 is 1.40 bits per heavy atom. The van der Waals surface area contributed by atoms with Crippen LogP contribution in [0.25, 0.3) is 0 Å². The van der Waals surface area contributed by atoms with Gasteiger partial charge in [-0.3, -0.25) is 0 Å². The van der Waals surface area contributed by atoms with E-state index in [-0.39, 0.29) is 12.5 Å². The van der Waals surface area contributed by atoms with Crippen molar-refractivity contribution in [2.45, 2.75) is 44.7 Å². The number of hydrogen-bond donors (Lipinski definition) is 3. The molecule has 1 atom stereocenters. The second kappa shape index (κ2) is 6.88. The maximum absolute atomic E-state index is 11.7. The van der Waals surface area contributed by atoms with Crippen LogP contribution in [0.4, 0.5) is 4.79 Å². The first-order chi connectivity index (χ1) is 9.66. The highest BCUT2D eigenvalue weighted by molar-refractivity contribution is 5.82. The zero-order chi connectivity index (χ0) is 14.4. The zero-order valence-electron chi connectivity index (χ0n) is 11.0. The molecule has 2 amide bonds. The summed E-state index contributed by atoms with van der Waals surface area (Å²) in [6.45, 7) is 0.0966. The summed E-state index contributed by atoms with van der Waals surface area (Å²) >= 11 is 0. The molecule has 0 bridgehead atoms. The van der Waals surface area contributed by atoms with E-state index >= 15 is 0 Å². The van der Waals surface area contributed by atoms with E-state index in [9.17, 15) is 14.7 Å². The molecule has 2 rings (SSSR count). The molecule has 0 aromatic carbocycles. The zero-order valence-corrected chi connectivity index (χ0v) is 11.0. The van der Waals surface area contributed by atoms with E-state index < -0.39 is 18.0 Å². The Morgan fingerprint density at radius 2 is 2.15 bits per heavy atom. The van der Waals surface area contributed by atoms with Gasteiger partial charge in [0.2, 0.25) is 6.39 Å². The third kappa shape index (κ3) is 3.94. The normalized spacial score (nSPS) is 17.4. The van der Waals surface area contributed by atoms with E-state index in [2.05, 4.69) is 25.3 Å². The van der Waals surface area contributed by atoms with Gasteiger partial charge in [-0.25, -0.2) is 9.59 Å². The van der Waals surface area contributed by atoms with Crippen molar-refractivity contribution in [2.24, 2.45) is 5.92 Å². The standard InChI is InChI=1S/C12H18N4O4/c17-11(18)10(8-4-2-1-3-5-8)15-12(19)13-6-9-14-7-20-16-9/h7-8,10H,1-6H2,(H,17,18)(H2,13,15,19). The van der Waals surface area contributed by atoms with Gasteiger partial charge in [0.15, 0.2) is 5.82 Å². The van der Waals surface area contributed by atoms with Gasteiger partial charge in [0.05, 0.1) is 6.54 Å². The first-order valence-corrected chi connectivity index (χ1v) is 6.69. The number of carbonyl (C=O) groups excluding carboxylic acids is 1. The van der Waals surface area contributed by atoms with Gasteiger partial charge in [-0.2, -0.15) is 4.98 Å². The van der Waals surface area contributed by atoms with Gasteiger partial charge in [0, 0.05) is 0 Å². The van der Waals surface area contributed by atoms with Gasteiger partial charge in [-0.1, -0.05) is 24.4 Å². The first-order valence-electron chi connectivity index (χ1n) is 6.69. The predicted octanol–water partition coefficient (Wildman–Crippen LogP) is 0.902. The minimum atomic E-state index is -0.994. The molecule has 1 aromatic heterocycles. The molecule has 8 heteroatoms. The highest BCUT2D eigenvalue weighted by Crippen LogP contribution is 2.26. The van der Waals surface area contributed by atoms with E-state index in [1.807, 2.05) is 0 Å². The second-order valence-electron chi connectivity index (χ2n) is 4.89. The largest absolute Gasteiger partial charge is 0.480 e. The third-order valence-corrected chi connectivity index (χ3v) is 3.49. The molecule has 0 aliphatic heterocycles. The number of aliphatic carboxylic acids is 1. The van der Waals surface area contributed by atoms with E-state index in [0.29, 0.717) is 5.82 Å². The lowest BCUT2D eigenvalue weighted by molar-refractivity contribution is -0.141. The summed E-state index contributed by atoms with van der Waals surface area (Å²) in [4.78, 5) is 26.8. The van der Waals surface area contributed by atoms with Gasteiger partial charge in [0.1, 0.15) is 6.04 Å². The Hall–Kier alpha value is -2.12. The predicted molar refractivity (Wildman–Crippen MR) is 67.7 cm³/mol. The second-order valence-corrected chi connectivity index (χ2v) is 4.89. The van der Waals surface area contributed by atoms with Crippen LogP contribution >= 0.6 is 0 Å². The summed E-state index contributed by atoms with van der Waals surface area (Å²) in [6, 6.07) is -1.38. The first kappa shape index (κ1) is 14.3. The van der Waals surface area contributed by atoms with Crippen LogP contribution in [-0.4, -0.2) is 33.3 Å². The van der Waals surface area contributed by atoms with Gasteiger partial charge < -0.3 is 20.3 Å². The molecular weight excluding hydrogens is 264 g/mol. The van der Waals surface area contributed by atoms with Gasteiger partial charge in [-0.15, -0.1) is 0 Å². The fourth-order valence-corrected chi connectivity index (χ4v) is 2.47. The molecule has 1 heterocycles. The fraction of sp³-hybridized carbons (Fsp3) is 0.667. The quantitative estimate of drug-likeness (QED) is 0.738. The summed E-state index contributed by atoms with van der Waals surface area (Å²) in [5, 5.41) is 17.8. The Bertz CT molecular complexity index is 442. The van der Waals surface area contributed by atoms with Crippen LogP contribution < -0.4 is 10.6 Å². The monoisotopic (exact) mass is 282 g/mol. The molecule has 1 aliphatic rings. The summed E-state index contributed by atoms with van der Waals surface area (Å²) in [5.41, 5.74) is 0. The molecule has 20 heavy (non-hydrogen) atoms.